The van der Waals surface area contributed by atoms with Crippen molar-refractivity contribution in [1.29, 1.82) is 0 Å². The first-order chi connectivity index (χ1) is 12.6. The molecule has 2 aromatic rings. The molecule has 0 atom stereocenters. The second-order valence-electron chi connectivity index (χ2n) is 6.45. The van der Waals surface area contributed by atoms with Crippen molar-refractivity contribution in [2.75, 3.05) is 24.5 Å². The Bertz CT molecular complexity index is 696. The van der Waals surface area contributed by atoms with E-state index in [1.807, 2.05) is 36.1 Å². The number of carbonyl (C=O) groups is 1. The summed E-state index contributed by atoms with van der Waals surface area (Å²) in [5.74, 6) is 1.43. The van der Waals surface area contributed by atoms with Crippen LogP contribution in [0, 0.1) is 6.92 Å². The van der Waals surface area contributed by atoms with Crippen molar-refractivity contribution in [3.05, 3.63) is 53.5 Å². The minimum atomic E-state index is -0.00351. The van der Waals surface area contributed by atoms with Crippen LogP contribution in [0.15, 0.2) is 36.4 Å². The Morgan fingerprint density at radius 3 is 2.23 bits per heavy atom. The van der Waals surface area contributed by atoms with Crippen molar-refractivity contribution in [2.24, 2.45) is 0 Å². The molecule has 0 spiro atoms. The maximum absolute atomic E-state index is 12.9. The van der Waals surface area contributed by atoms with E-state index in [0.29, 0.717) is 11.5 Å². The Morgan fingerprint density at radius 1 is 1.00 bits per heavy atom. The van der Waals surface area contributed by atoms with Gasteiger partial charge in [-0.05, 0) is 32.3 Å². The van der Waals surface area contributed by atoms with Gasteiger partial charge in [0, 0.05) is 32.2 Å². The quantitative estimate of drug-likeness (QED) is 0.681. The standard InChI is InChI=1S/C21H30N4O/c1-5-13-25(14-6-2)21(26)19-15-20(23-17(4)22-19)24(7-3)16-18-11-9-8-10-12-18/h8-12,15H,5-7,13-14,16H2,1-4H3. The average molecular weight is 354 g/mol. The fourth-order valence-corrected chi connectivity index (χ4v) is 3.00. The number of amides is 1. The minimum absolute atomic E-state index is 0.00351. The molecule has 1 heterocycles. The molecule has 1 aromatic carbocycles. The molecule has 0 unspecified atom stereocenters. The third kappa shape index (κ3) is 5.28. The van der Waals surface area contributed by atoms with Crippen molar-refractivity contribution in [1.82, 2.24) is 14.9 Å². The van der Waals surface area contributed by atoms with Gasteiger partial charge in [-0.3, -0.25) is 4.79 Å². The molecule has 0 aliphatic heterocycles. The van der Waals surface area contributed by atoms with E-state index in [4.69, 9.17) is 0 Å². The van der Waals surface area contributed by atoms with Crippen molar-refractivity contribution in [3.8, 4) is 0 Å². The van der Waals surface area contributed by atoms with Crippen LogP contribution in [-0.4, -0.2) is 40.4 Å². The summed E-state index contributed by atoms with van der Waals surface area (Å²) in [5.41, 5.74) is 1.71. The Balaban J connectivity index is 2.28. The molecule has 0 saturated heterocycles. The first-order valence-electron chi connectivity index (χ1n) is 9.52. The predicted octanol–water partition coefficient (Wildman–Crippen LogP) is 4.07. The highest BCUT2D eigenvalue weighted by atomic mass is 16.2. The normalized spacial score (nSPS) is 10.6. The Morgan fingerprint density at radius 2 is 1.65 bits per heavy atom. The van der Waals surface area contributed by atoms with E-state index in [0.717, 1.165) is 44.8 Å². The first-order valence-corrected chi connectivity index (χ1v) is 9.52. The van der Waals surface area contributed by atoms with Crippen molar-refractivity contribution in [3.63, 3.8) is 0 Å². The summed E-state index contributed by atoms with van der Waals surface area (Å²) in [6.45, 7) is 11.2. The van der Waals surface area contributed by atoms with Gasteiger partial charge in [-0.2, -0.15) is 0 Å². The van der Waals surface area contributed by atoms with Gasteiger partial charge in [-0.25, -0.2) is 9.97 Å². The molecule has 5 nitrogen and oxygen atoms in total. The number of nitrogens with zero attached hydrogens (tertiary/aromatic N) is 4. The van der Waals surface area contributed by atoms with E-state index in [1.165, 1.54) is 5.56 Å². The van der Waals surface area contributed by atoms with Gasteiger partial charge in [0.05, 0.1) is 0 Å². The molecule has 0 radical (unpaired) electrons. The highest BCUT2D eigenvalue weighted by molar-refractivity contribution is 5.93. The van der Waals surface area contributed by atoms with Crippen LogP contribution in [0.4, 0.5) is 5.82 Å². The number of anilines is 1. The van der Waals surface area contributed by atoms with Gasteiger partial charge in [0.25, 0.3) is 5.91 Å². The zero-order chi connectivity index (χ0) is 18.9. The zero-order valence-electron chi connectivity index (χ0n) is 16.4. The zero-order valence-corrected chi connectivity index (χ0v) is 16.4. The van der Waals surface area contributed by atoms with E-state index in [1.54, 1.807) is 0 Å². The lowest BCUT2D eigenvalue weighted by molar-refractivity contribution is 0.0749. The number of rotatable bonds is 9. The van der Waals surface area contributed by atoms with Gasteiger partial charge in [0.15, 0.2) is 0 Å². The number of aromatic nitrogens is 2. The van der Waals surface area contributed by atoms with E-state index >= 15 is 0 Å². The monoisotopic (exact) mass is 354 g/mol. The van der Waals surface area contributed by atoms with Crippen LogP contribution < -0.4 is 4.90 Å². The van der Waals surface area contributed by atoms with Gasteiger partial charge >= 0.3 is 0 Å². The minimum Gasteiger partial charge on any atom is -0.352 e. The van der Waals surface area contributed by atoms with Crippen molar-refractivity contribution >= 4 is 11.7 Å². The molecule has 0 bridgehead atoms. The second kappa shape index (κ2) is 9.90. The summed E-state index contributed by atoms with van der Waals surface area (Å²) in [7, 11) is 0. The molecule has 1 aromatic heterocycles. The van der Waals surface area contributed by atoms with E-state index in [-0.39, 0.29) is 5.91 Å². The molecule has 26 heavy (non-hydrogen) atoms. The van der Waals surface area contributed by atoms with Crippen molar-refractivity contribution in [2.45, 2.75) is 47.1 Å². The Hall–Kier alpha value is -2.43. The highest BCUT2D eigenvalue weighted by Crippen LogP contribution is 2.17. The SMILES string of the molecule is CCCN(CCC)C(=O)c1cc(N(CC)Cc2ccccc2)nc(C)n1. The molecule has 0 N–H and O–H groups in total. The maximum atomic E-state index is 12.9. The van der Waals surface area contributed by atoms with Crippen LogP contribution in [0.5, 0.6) is 0 Å². The number of hydrogen-bond donors (Lipinski definition) is 0. The fraction of sp³-hybridized carbons (Fsp3) is 0.476. The summed E-state index contributed by atoms with van der Waals surface area (Å²) in [6.07, 6.45) is 1.88. The lowest BCUT2D eigenvalue weighted by atomic mass is 10.2. The van der Waals surface area contributed by atoms with Crippen LogP contribution in [0.25, 0.3) is 0 Å². The first kappa shape index (κ1) is 19.9. The lowest BCUT2D eigenvalue weighted by Crippen LogP contribution is -2.33. The number of carbonyl (C=O) groups excluding carboxylic acids is 1. The highest BCUT2D eigenvalue weighted by Gasteiger charge is 2.19. The Kier molecular flexibility index (Phi) is 7.57. The number of benzene rings is 1. The second-order valence-corrected chi connectivity index (χ2v) is 6.45. The number of aryl methyl sites for hydroxylation is 1. The van der Waals surface area contributed by atoms with E-state index in [2.05, 4.69) is 47.8 Å². The summed E-state index contributed by atoms with van der Waals surface area (Å²) in [6, 6.07) is 12.1. The summed E-state index contributed by atoms with van der Waals surface area (Å²) in [5, 5.41) is 0. The fourth-order valence-electron chi connectivity index (χ4n) is 3.00. The molecular weight excluding hydrogens is 324 g/mol. The van der Waals surface area contributed by atoms with E-state index < -0.39 is 0 Å². The number of hydrogen-bond acceptors (Lipinski definition) is 4. The van der Waals surface area contributed by atoms with Gasteiger partial charge in [0.2, 0.25) is 0 Å². The van der Waals surface area contributed by atoms with Crippen LogP contribution in [0.1, 0.15) is 55.5 Å². The summed E-state index contributed by atoms with van der Waals surface area (Å²) in [4.78, 5) is 26.0. The largest absolute Gasteiger partial charge is 0.352 e. The Labute approximate surface area is 157 Å². The third-order valence-corrected chi connectivity index (χ3v) is 4.24. The lowest BCUT2D eigenvalue weighted by Gasteiger charge is -2.24. The smallest absolute Gasteiger partial charge is 0.272 e. The van der Waals surface area contributed by atoms with Gasteiger partial charge in [-0.15, -0.1) is 0 Å². The molecule has 0 aliphatic carbocycles. The topological polar surface area (TPSA) is 49.3 Å². The molecule has 1 amide bonds. The van der Waals surface area contributed by atoms with Crippen LogP contribution in [0.2, 0.25) is 0 Å². The van der Waals surface area contributed by atoms with E-state index in [9.17, 15) is 4.79 Å². The van der Waals surface area contributed by atoms with Crippen LogP contribution in [0.3, 0.4) is 0 Å². The maximum Gasteiger partial charge on any atom is 0.272 e. The summed E-state index contributed by atoms with van der Waals surface area (Å²) >= 11 is 0. The van der Waals surface area contributed by atoms with Gasteiger partial charge in [-0.1, -0.05) is 44.2 Å². The third-order valence-electron chi connectivity index (χ3n) is 4.24. The average Bonchev–Trinajstić information content (AvgIpc) is 2.65. The predicted molar refractivity (Wildman–Crippen MR) is 106 cm³/mol. The van der Waals surface area contributed by atoms with Crippen molar-refractivity contribution < 1.29 is 4.79 Å². The molecule has 140 valence electrons. The molecule has 2 rings (SSSR count). The van der Waals surface area contributed by atoms with Gasteiger partial charge in [0.1, 0.15) is 17.3 Å². The van der Waals surface area contributed by atoms with Crippen LogP contribution >= 0.6 is 0 Å². The molecule has 0 aliphatic rings. The molecular formula is C21H30N4O. The van der Waals surface area contributed by atoms with Gasteiger partial charge < -0.3 is 9.80 Å². The molecule has 0 fully saturated rings. The summed E-state index contributed by atoms with van der Waals surface area (Å²) < 4.78 is 0. The molecule has 5 heteroatoms. The van der Waals surface area contributed by atoms with Crippen LogP contribution in [-0.2, 0) is 6.54 Å². The molecule has 0 saturated carbocycles.